The summed E-state index contributed by atoms with van der Waals surface area (Å²) in [7, 11) is 3.14. The lowest BCUT2D eigenvalue weighted by molar-refractivity contribution is -0.142. The number of carbonyl (C=O) groups excluding carboxylic acids is 1. The van der Waals surface area contributed by atoms with Crippen molar-refractivity contribution < 1.29 is 19.1 Å². The van der Waals surface area contributed by atoms with Gasteiger partial charge in [-0.2, -0.15) is 0 Å². The van der Waals surface area contributed by atoms with Crippen LogP contribution in [0.2, 0.25) is 0 Å². The van der Waals surface area contributed by atoms with E-state index in [2.05, 4.69) is 0 Å². The standard InChI is InChI=1S/C13H20N2O4/c1-5-11(12(16)17)15(4)13(18)14(3)8-10-6-7-19-9(10)2/h6-7,11H,5,8H2,1-4H3,(H,16,17). The maximum Gasteiger partial charge on any atom is 0.326 e. The van der Waals surface area contributed by atoms with Gasteiger partial charge in [0.1, 0.15) is 11.8 Å². The van der Waals surface area contributed by atoms with E-state index >= 15 is 0 Å². The molecule has 0 spiro atoms. The third-order valence-corrected chi connectivity index (χ3v) is 3.14. The number of hydrogen-bond acceptors (Lipinski definition) is 3. The third-order valence-electron chi connectivity index (χ3n) is 3.14. The summed E-state index contributed by atoms with van der Waals surface area (Å²) in [6.07, 6.45) is 1.94. The Morgan fingerprint density at radius 3 is 2.47 bits per heavy atom. The fourth-order valence-electron chi connectivity index (χ4n) is 1.92. The lowest BCUT2D eigenvalue weighted by Gasteiger charge is -2.28. The molecule has 1 aromatic heterocycles. The molecule has 2 amide bonds. The second-order valence-corrected chi connectivity index (χ2v) is 4.51. The molecule has 1 N–H and O–H groups in total. The molecule has 19 heavy (non-hydrogen) atoms. The molecule has 6 heteroatoms. The largest absolute Gasteiger partial charge is 0.480 e. The van der Waals surface area contributed by atoms with Crippen LogP contribution < -0.4 is 0 Å². The van der Waals surface area contributed by atoms with Crippen molar-refractivity contribution in [2.24, 2.45) is 0 Å². The molecule has 1 heterocycles. The number of carbonyl (C=O) groups is 2. The summed E-state index contributed by atoms with van der Waals surface area (Å²) in [5.74, 6) is -0.237. The van der Waals surface area contributed by atoms with Gasteiger partial charge in [0.25, 0.3) is 0 Å². The van der Waals surface area contributed by atoms with Crippen LogP contribution in [0.4, 0.5) is 4.79 Å². The number of furan rings is 1. The minimum Gasteiger partial charge on any atom is -0.480 e. The highest BCUT2D eigenvalue weighted by molar-refractivity contribution is 5.82. The van der Waals surface area contributed by atoms with Crippen LogP contribution in [0.5, 0.6) is 0 Å². The minimum atomic E-state index is -0.994. The lowest BCUT2D eigenvalue weighted by Crippen LogP contribution is -2.47. The fourth-order valence-corrected chi connectivity index (χ4v) is 1.92. The first-order valence-corrected chi connectivity index (χ1v) is 6.12. The number of likely N-dealkylation sites (N-methyl/N-ethyl adjacent to an activating group) is 1. The molecule has 1 aromatic rings. The van der Waals surface area contributed by atoms with Gasteiger partial charge in [0, 0.05) is 19.7 Å². The molecule has 106 valence electrons. The number of hydrogen-bond donors (Lipinski definition) is 1. The summed E-state index contributed by atoms with van der Waals surface area (Å²) in [5, 5.41) is 9.05. The van der Waals surface area contributed by atoms with Gasteiger partial charge in [-0.3, -0.25) is 0 Å². The van der Waals surface area contributed by atoms with Gasteiger partial charge < -0.3 is 19.3 Å². The van der Waals surface area contributed by atoms with E-state index in [0.29, 0.717) is 13.0 Å². The van der Waals surface area contributed by atoms with Crippen LogP contribution >= 0.6 is 0 Å². The Kier molecular flexibility index (Phi) is 4.97. The van der Waals surface area contributed by atoms with Crippen LogP contribution in [0, 0.1) is 6.92 Å². The second kappa shape index (κ2) is 6.26. The number of aryl methyl sites for hydroxylation is 1. The van der Waals surface area contributed by atoms with E-state index in [1.807, 2.05) is 6.92 Å². The third kappa shape index (κ3) is 3.49. The molecule has 0 aliphatic heterocycles. The highest BCUT2D eigenvalue weighted by Crippen LogP contribution is 2.13. The molecule has 0 bridgehead atoms. The molecular formula is C13H20N2O4. The Hall–Kier alpha value is -1.98. The summed E-state index contributed by atoms with van der Waals surface area (Å²) in [5.41, 5.74) is 0.910. The number of amides is 2. The zero-order chi connectivity index (χ0) is 14.6. The van der Waals surface area contributed by atoms with E-state index in [1.165, 1.54) is 16.8 Å². The average molecular weight is 268 g/mol. The van der Waals surface area contributed by atoms with E-state index in [-0.39, 0.29) is 6.03 Å². The van der Waals surface area contributed by atoms with Crippen LogP contribution in [-0.2, 0) is 11.3 Å². The Labute approximate surface area is 112 Å². The van der Waals surface area contributed by atoms with Crippen LogP contribution in [0.1, 0.15) is 24.7 Å². The normalized spacial score (nSPS) is 12.0. The molecule has 0 saturated heterocycles. The number of aliphatic carboxylic acids is 1. The van der Waals surface area contributed by atoms with Crippen molar-refractivity contribution in [1.29, 1.82) is 0 Å². The Bertz CT molecular complexity index is 455. The predicted molar refractivity (Wildman–Crippen MR) is 69.8 cm³/mol. The van der Waals surface area contributed by atoms with Gasteiger partial charge in [-0.1, -0.05) is 6.92 Å². The van der Waals surface area contributed by atoms with E-state index in [1.54, 1.807) is 26.3 Å². The molecule has 0 radical (unpaired) electrons. The van der Waals surface area contributed by atoms with Crippen LogP contribution in [-0.4, -0.2) is 47.0 Å². The van der Waals surface area contributed by atoms with Gasteiger partial charge in [-0.25, -0.2) is 9.59 Å². The molecule has 1 atom stereocenters. The van der Waals surface area contributed by atoms with Gasteiger partial charge in [-0.05, 0) is 19.4 Å². The minimum absolute atomic E-state index is 0.324. The quantitative estimate of drug-likeness (QED) is 0.885. The van der Waals surface area contributed by atoms with Crippen LogP contribution in [0.3, 0.4) is 0 Å². The smallest absolute Gasteiger partial charge is 0.326 e. The maximum absolute atomic E-state index is 12.1. The highest BCUT2D eigenvalue weighted by atomic mass is 16.4. The van der Waals surface area contributed by atoms with E-state index < -0.39 is 12.0 Å². The first-order chi connectivity index (χ1) is 8.88. The Morgan fingerprint density at radius 2 is 2.05 bits per heavy atom. The topological polar surface area (TPSA) is 74.0 Å². The SMILES string of the molecule is CCC(C(=O)O)N(C)C(=O)N(C)Cc1ccoc1C. The summed E-state index contributed by atoms with van der Waals surface area (Å²) < 4.78 is 5.17. The van der Waals surface area contributed by atoms with Crippen LogP contribution in [0.25, 0.3) is 0 Å². The molecule has 6 nitrogen and oxygen atoms in total. The van der Waals surface area contributed by atoms with Gasteiger partial charge >= 0.3 is 12.0 Å². The second-order valence-electron chi connectivity index (χ2n) is 4.51. The zero-order valence-electron chi connectivity index (χ0n) is 11.7. The van der Waals surface area contributed by atoms with Crippen molar-refractivity contribution in [2.75, 3.05) is 14.1 Å². The predicted octanol–water partition coefficient (Wildman–Crippen LogP) is 1.93. The molecule has 0 fully saturated rings. The zero-order valence-corrected chi connectivity index (χ0v) is 11.7. The first-order valence-electron chi connectivity index (χ1n) is 6.12. The lowest BCUT2D eigenvalue weighted by atomic mass is 10.2. The van der Waals surface area contributed by atoms with Gasteiger partial charge in [0.05, 0.1) is 12.8 Å². The highest BCUT2D eigenvalue weighted by Gasteiger charge is 2.27. The van der Waals surface area contributed by atoms with Crippen molar-refractivity contribution in [3.63, 3.8) is 0 Å². The average Bonchev–Trinajstić information content (AvgIpc) is 2.74. The molecule has 1 unspecified atom stereocenters. The number of urea groups is 1. The molecule has 0 aromatic carbocycles. The summed E-state index contributed by atoms with van der Waals surface area (Å²) in [6.45, 7) is 3.95. The first kappa shape index (κ1) is 15.1. The van der Waals surface area contributed by atoms with Crippen molar-refractivity contribution in [2.45, 2.75) is 32.9 Å². The fraction of sp³-hybridized carbons (Fsp3) is 0.538. The van der Waals surface area contributed by atoms with E-state index in [9.17, 15) is 9.59 Å². The maximum atomic E-state index is 12.1. The molecule has 0 aliphatic rings. The Balaban J connectivity index is 2.71. The van der Waals surface area contributed by atoms with Gasteiger partial charge in [-0.15, -0.1) is 0 Å². The van der Waals surface area contributed by atoms with Gasteiger partial charge in [0.15, 0.2) is 0 Å². The van der Waals surface area contributed by atoms with Crippen molar-refractivity contribution in [3.8, 4) is 0 Å². The van der Waals surface area contributed by atoms with Crippen molar-refractivity contribution in [1.82, 2.24) is 9.80 Å². The summed E-state index contributed by atoms with van der Waals surface area (Å²) >= 11 is 0. The van der Waals surface area contributed by atoms with Crippen molar-refractivity contribution >= 4 is 12.0 Å². The summed E-state index contributed by atoms with van der Waals surface area (Å²) in [4.78, 5) is 25.9. The molecular weight excluding hydrogens is 248 g/mol. The number of nitrogens with zero attached hydrogens (tertiary/aromatic N) is 2. The number of rotatable bonds is 5. The monoisotopic (exact) mass is 268 g/mol. The summed E-state index contributed by atoms with van der Waals surface area (Å²) in [6, 6.07) is 0.670. The van der Waals surface area contributed by atoms with E-state index in [0.717, 1.165) is 11.3 Å². The van der Waals surface area contributed by atoms with Gasteiger partial charge in [0.2, 0.25) is 0 Å². The molecule has 1 rings (SSSR count). The number of carboxylic acid groups (broad SMARTS) is 1. The van der Waals surface area contributed by atoms with Crippen LogP contribution in [0.15, 0.2) is 16.7 Å². The number of carboxylic acids is 1. The Morgan fingerprint density at radius 1 is 1.42 bits per heavy atom. The molecule has 0 saturated carbocycles. The van der Waals surface area contributed by atoms with E-state index in [4.69, 9.17) is 9.52 Å². The van der Waals surface area contributed by atoms with Crippen molar-refractivity contribution in [3.05, 3.63) is 23.7 Å². The molecule has 0 aliphatic carbocycles.